The zero-order valence-corrected chi connectivity index (χ0v) is 12.5. The second-order valence-electron chi connectivity index (χ2n) is 6.04. The van der Waals surface area contributed by atoms with Gasteiger partial charge < -0.3 is 10.2 Å². The van der Waals surface area contributed by atoms with Crippen molar-refractivity contribution < 1.29 is 13.2 Å². The van der Waals surface area contributed by atoms with Crippen LogP contribution in [0.4, 0.5) is 18.9 Å². The van der Waals surface area contributed by atoms with Gasteiger partial charge >= 0.3 is 6.18 Å². The first kappa shape index (κ1) is 16.1. The third-order valence-electron chi connectivity index (χ3n) is 3.64. The van der Waals surface area contributed by atoms with E-state index in [9.17, 15) is 13.2 Å². The van der Waals surface area contributed by atoms with Crippen molar-refractivity contribution in [1.82, 2.24) is 9.88 Å². The summed E-state index contributed by atoms with van der Waals surface area (Å²) >= 11 is 0. The van der Waals surface area contributed by atoms with E-state index in [0.717, 1.165) is 38.5 Å². The number of halogens is 3. The van der Waals surface area contributed by atoms with Crippen molar-refractivity contribution in [3.63, 3.8) is 0 Å². The van der Waals surface area contributed by atoms with E-state index in [0.29, 0.717) is 17.6 Å². The Morgan fingerprint density at radius 2 is 1.95 bits per heavy atom. The van der Waals surface area contributed by atoms with Crippen LogP contribution in [0.15, 0.2) is 18.3 Å². The average Bonchev–Trinajstić information content (AvgIpc) is 2.40. The number of aromatic nitrogens is 1. The lowest BCUT2D eigenvalue weighted by Crippen LogP contribution is -2.40. The van der Waals surface area contributed by atoms with Crippen LogP contribution in [0, 0.1) is 5.92 Å². The molecule has 0 unspecified atom stereocenters. The number of nitrogens with one attached hydrogen (secondary N) is 1. The molecule has 1 aliphatic rings. The first-order valence-corrected chi connectivity index (χ1v) is 7.36. The Hall–Kier alpha value is -1.30. The first-order chi connectivity index (χ1) is 9.84. The number of hydrogen-bond donors (Lipinski definition) is 1. The Labute approximate surface area is 123 Å². The van der Waals surface area contributed by atoms with Crippen LogP contribution in [0.3, 0.4) is 0 Å². The Morgan fingerprint density at radius 1 is 1.29 bits per heavy atom. The zero-order valence-electron chi connectivity index (χ0n) is 12.5. The molecule has 0 saturated carbocycles. The van der Waals surface area contributed by atoms with E-state index in [4.69, 9.17) is 0 Å². The number of anilines is 1. The van der Waals surface area contributed by atoms with Gasteiger partial charge in [0.05, 0.1) is 11.9 Å². The van der Waals surface area contributed by atoms with Crippen LogP contribution in [0.25, 0.3) is 0 Å². The standard InChI is InChI=1S/C15H22F3N3/c1-11(2)10-21-7-5-12(6-8-21)20-13-3-4-14(19-9-13)15(16,17)18/h3-4,9,11-12,20H,5-8,10H2,1-2H3. The van der Waals surface area contributed by atoms with Crippen molar-refractivity contribution in [3.8, 4) is 0 Å². The molecule has 2 rings (SSSR count). The summed E-state index contributed by atoms with van der Waals surface area (Å²) in [6, 6.07) is 2.79. The molecule has 0 atom stereocenters. The fourth-order valence-corrected chi connectivity index (χ4v) is 2.66. The molecule has 0 radical (unpaired) electrons. The van der Waals surface area contributed by atoms with Crippen molar-refractivity contribution in [2.45, 2.75) is 38.9 Å². The van der Waals surface area contributed by atoms with Crippen LogP contribution >= 0.6 is 0 Å². The van der Waals surface area contributed by atoms with E-state index in [1.54, 1.807) is 0 Å². The fourth-order valence-electron chi connectivity index (χ4n) is 2.66. The molecule has 2 heterocycles. The van der Waals surface area contributed by atoms with E-state index >= 15 is 0 Å². The molecule has 1 fully saturated rings. The summed E-state index contributed by atoms with van der Waals surface area (Å²) in [7, 11) is 0. The first-order valence-electron chi connectivity index (χ1n) is 7.36. The maximum absolute atomic E-state index is 12.4. The van der Waals surface area contributed by atoms with Crippen molar-refractivity contribution >= 4 is 5.69 Å². The molecule has 1 N–H and O–H groups in total. The van der Waals surface area contributed by atoms with Gasteiger partial charge in [-0.2, -0.15) is 13.2 Å². The van der Waals surface area contributed by atoms with Crippen molar-refractivity contribution in [2.75, 3.05) is 25.0 Å². The fraction of sp³-hybridized carbons (Fsp3) is 0.667. The lowest BCUT2D eigenvalue weighted by Gasteiger charge is -2.33. The molecule has 0 aromatic carbocycles. The smallest absolute Gasteiger partial charge is 0.381 e. The lowest BCUT2D eigenvalue weighted by atomic mass is 10.0. The Morgan fingerprint density at radius 3 is 2.43 bits per heavy atom. The summed E-state index contributed by atoms with van der Waals surface area (Å²) in [6.45, 7) is 7.58. The van der Waals surface area contributed by atoms with Gasteiger partial charge in [0, 0.05) is 25.7 Å². The Balaban J connectivity index is 1.83. The molecule has 0 spiro atoms. The van der Waals surface area contributed by atoms with Gasteiger partial charge in [0.25, 0.3) is 0 Å². The molecule has 0 aliphatic carbocycles. The molecule has 21 heavy (non-hydrogen) atoms. The van der Waals surface area contributed by atoms with Gasteiger partial charge in [0.2, 0.25) is 0 Å². The highest BCUT2D eigenvalue weighted by Gasteiger charge is 2.32. The highest BCUT2D eigenvalue weighted by Crippen LogP contribution is 2.28. The molecule has 1 aromatic rings. The molecule has 118 valence electrons. The minimum absolute atomic E-state index is 0.312. The topological polar surface area (TPSA) is 28.2 Å². The number of nitrogens with zero attached hydrogens (tertiary/aromatic N) is 2. The second kappa shape index (κ2) is 6.64. The van der Waals surface area contributed by atoms with Gasteiger partial charge in [0.1, 0.15) is 5.69 Å². The molecule has 3 nitrogen and oxygen atoms in total. The number of hydrogen-bond acceptors (Lipinski definition) is 3. The van der Waals surface area contributed by atoms with Crippen LogP contribution < -0.4 is 5.32 Å². The van der Waals surface area contributed by atoms with Gasteiger partial charge in [-0.15, -0.1) is 0 Å². The third kappa shape index (κ3) is 4.88. The Bertz CT molecular complexity index is 434. The second-order valence-corrected chi connectivity index (χ2v) is 6.04. The van der Waals surface area contributed by atoms with Crippen molar-refractivity contribution in [3.05, 3.63) is 24.0 Å². The summed E-state index contributed by atoms with van der Waals surface area (Å²) in [5, 5.41) is 3.28. The number of alkyl halides is 3. The zero-order chi connectivity index (χ0) is 15.5. The molecular weight excluding hydrogens is 279 g/mol. The number of rotatable bonds is 4. The lowest BCUT2D eigenvalue weighted by molar-refractivity contribution is -0.141. The highest BCUT2D eigenvalue weighted by molar-refractivity contribution is 5.42. The monoisotopic (exact) mass is 301 g/mol. The molecule has 1 aliphatic heterocycles. The third-order valence-corrected chi connectivity index (χ3v) is 3.64. The SMILES string of the molecule is CC(C)CN1CCC(Nc2ccc(C(F)(F)F)nc2)CC1. The summed E-state index contributed by atoms with van der Waals surface area (Å²) in [5.74, 6) is 0.661. The van der Waals surface area contributed by atoms with Crippen molar-refractivity contribution in [2.24, 2.45) is 5.92 Å². The highest BCUT2D eigenvalue weighted by atomic mass is 19.4. The van der Waals surface area contributed by atoms with Crippen LogP contribution in [0.1, 0.15) is 32.4 Å². The maximum Gasteiger partial charge on any atom is 0.433 e. The van der Waals surface area contributed by atoms with Crippen LogP contribution in [0.5, 0.6) is 0 Å². The van der Waals surface area contributed by atoms with Gasteiger partial charge in [-0.05, 0) is 30.9 Å². The summed E-state index contributed by atoms with van der Waals surface area (Å²) in [5.41, 5.74) is -0.190. The van der Waals surface area contributed by atoms with Crippen LogP contribution in [0.2, 0.25) is 0 Å². The van der Waals surface area contributed by atoms with Gasteiger partial charge in [-0.1, -0.05) is 13.8 Å². The molecule has 0 amide bonds. The number of piperidine rings is 1. The Kier molecular flexibility index (Phi) is 5.08. The normalized spacial score (nSPS) is 18.2. The minimum atomic E-state index is -4.37. The largest absolute Gasteiger partial charge is 0.433 e. The van der Waals surface area contributed by atoms with Crippen molar-refractivity contribution in [1.29, 1.82) is 0 Å². The quantitative estimate of drug-likeness (QED) is 0.920. The van der Waals surface area contributed by atoms with Gasteiger partial charge in [0.15, 0.2) is 0 Å². The predicted molar refractivity (Wildman–Crippen MR) is 77.2 cm³/mol. The number of likely N-dealkylation sites (tertiary alicyclic amines) is 1. The van der Waals surface area contributed by atoms with E-state index < -0.39 is 11.9 Å². The average molecular weight is 301 g/mol. The molecule has 1 saturated heterocycles. The summed E-state index contributed by atoms with van der Waals surface area (Å²) < 4.78 is 37.3. The van der Waals surface area contributed by atoms with E-state index in [1.807, 2.05) is 0 Å². The van der Waals surface area contributed by atoms with Crippen LogP contribution in [-0.2, 0) is 6.18 Å². The molecule has 6 heteroatoms. The van der Waals surface area contributed by atoms with E-state index in [-0.39, 0.29) is 0 Å². The van der Waals surface area contributed by atoms with Gasteiger partial charge in [-0.3, -0.25) is 0 Å². The molecule has 0 bridgehead atoms. The van der Waals surface area contributed by atoms with E-state index in [1.165, 1.54) is 12.3 Å². The molecular formula is C15H22F3N3. The summed E-state index contributed by atoms with van der Waals surface area (Å²) in [6.07, 6.45) is -1.09. The van der Waals surface area contributed by atoms with Gasteiger partial charge in [-0.25, -0.2) is 4.98 Å². The maximum atomic E-state index is 12.4. The van der Waals surface area contributed by atoms with E-state index in [2.05, 4.69) is 29.0 Å². The minimum Gasteiger partial charge on any atom is -0.381 e. The van der Waals surface area contributed by atoms with Crippen LogP contribution in [-0.4, -0.2) is 35.6 Å². The summed E-state index contributed by atoms with van der Waals surface area (Å²) in [4.78, 5) is 5.91. The predicted octanol–water partition coefficient (Wildman–Crippen LogP) is 3.63. The molecule has 1 aromatic heterocycles. The number of pyridine rings is 1.